The Bertz CT molecular complexity index is 906. The first-order chi connectivity index (χ1) is 14.0. The molecule has 2 aromatic rings. The van der Waals surface area contributed by atoms with Crippen molar-refractivity contribution in [2.24, 2.45) is 0 Å². The average Bonchev–Trinajstić information content (AvgIpc) is 2.75. The highest BCUT2D eigenvalue weighted by Gasteiger charge is 2.17. The molecule has 152 valence electrons. The molecule has 2 aromatic carbocycles. The maximum Gasteiger partial charge on any atom is 0.344 e. The molecule has 8 heteroatoms. The zero-order valence-corrected chi connectivity index (χ0v) is 16.4. The fourth-order valence-electron chi connectivity index (χ4n) is 2.55. The van der Waals surface area contributed by atoms with E-state index in [-0.39, 0.29) is 5.75 Å². The normalized spacial score (nSPS) is 11.0. The van der Waals surface area contributed by atoms with E-state index in [0.717, 1.165) is 5.56 Å². The van der Waals surface area contributed by atoms with E-state index in [2.05, 4.69) is 5.32 Å². The highest BCUT2D eigenvalue weighted by molar-refractivity contribution is 5.81. The summed E-state index contributed by atoms with van der Waals surface area (Å²) < 4.78 is 20.7. The minimum Gasteiger partial charge on any atom is -0.497 e. The predicted octanol–water partition coefficient (Wildman–Crippen LogP) is 2.37. The SMILES string of the molecule is COc1ccc(OC)c([C@H](C)NC(=O)COC(=O)COc2ccccc2C#N)c1. The van der Waals surface area contributed by atoms with Crippen molar-refractivity contribution in [1.82, 2.24) is 5.32 Å². The Morgan fingerprint density at radius 3 is 2.52 bits per heavy atom. The van der Waals surface area contributed by atoms with E-state index in [4.69, 9.17) is 24.2 Å². The first-order valence-corrected chi connectivity index (χ1v) is 8.77. The number of hydrogen-bond donors (Lipinski definition) is 1. The lowest BCUT2D eigenvalue weighted by Crippen LogP contribution is -2.32. The molecule has 0 saturated heterocycles. The van der Waals surface area contributed by atoms with Gasteiger partial charge in [0.2, 0.25) is 0 Å². The first kappa shape index (κ1) is 21.6. The number of benzene rings is 2. The molecule has 0 aliphatic carbocycles. The van der Waals surface area contributed by atoms with Crippen molar-refractivity contribution in [3.8, 4) is 23.3 Å². The van der Waals surface area contributed by atoms with E-state index in [1.807, 2.05) is 6.07 Å². The van der Waals surface area contributed by atoms with Gasteiger partial charge in [-0.1, -0.05) is 12.1 Å². The molecule has 1 amide bonds. The number of nitrogens with one attached hydrogen (secondary N) is 1. The summed E-state index contributed by atoms with van der Waals surface area (Å²) in [5, 5.41) is 11.7. The number of ether oxygens (including phenoxy) is 4. The Balaban J connectivity index is 1.85. The van der Waals surface area contributed by atoms with Gasteiger partial charge in [0, 0.05) is 5.56 Å². The van der Waals surface area contributed by atoms with E-state index in [1.54, 1.807) is 56.5 Å². The van der Waals surface area contributed by atoms with Gasteiger partial charge >= 0.3 is 5.97 Å². The van der Waals surface area contributed by atoms with Crippen LogP contribution in [0.5, 0.6) is 17.2 Å². The minimum absolute atomic E-state index is 0.273. The summed E-state index contributed by atoms with van der Waals surface area (Å²) in [6, 6.07) is 13.3. The number of amides is 1. The van der Waals surface area contributed by atoms with E-state index in [1.165, 1.54) is 7.11 Å². The van der Waals surface area contributed by atoms with E-state index >= 15 is 0 Å². The van der Waals surface area contributed by atoms with Crippen molar-refractivity contribution in [2.75, 3.05) is 27.4 Å². The molecule has 8 nitrogen and oxygen atoms in total. The van der Waals surface area contributed by atoms with Crippen LogP contribution < -0.4 is 19.5 Å². The quantitative estimate of drug-likeness (QED) is 0.646. The third-order valence-electron chi connectivity index (χ3n) is 4.00. The summed E-state index contributed by atoms with van der Waals surface area (Å²) in [6.45, 7) is 0.906. The Morgan fingerprint density at radius 1 is 1.07 bits per heavy atom. The lowest BCUT2D eigenvalue weighted by atomic mass is 10.1. The van der Waals surface area contributed by atoms with Crippen LogP contribution in [0.3, 0.4) is 0 Å². The molecule has 0 saturated carbocycles. The van der Waals surface area contributed by atoms with Crippen LogP contribution in [-0.2, 0) is 14.3 Å². The van der Waals surface area contributed by atoms with Crippen LogP contribution in [-0.4, -0.2) is 39.3 Å². The standard InChI is InChI=1S/C21H22N2O6/c1-14(17-10-16(26-2)8-9-19(17)27-3)23-20(24)12-29-21(25)13-28-18-7-5-4-6-15(18)11-22/h4-10,14H,12-13H2,1-3H3,(H,23,24)/t14-/m0/s1. The Kier molecular flexibility index (Phi) is 7.86. The first-order valence-electron chi connectivity index (χ1n) is 8.77. The summed E-state index contributed by atoms with van der Waals surface area (Å²) in [4.78, 5) is 23.9. The number of carbonyl (C=O) groups is 2. The van der Waals surface area contributed by atoms with Crippen LogP contribution in [0.15, 0.2) is 42.5 Å². The molecule has 0 heterocycles. The molecule has 0 unspecified atom stereocenters. The molecule has 0 radical (unpaired) electrons. The van der Waals surface area contributed by atoms with Gasteiger partial charge in [0.15, 0.2) is 13.2 Å². The Labute approximate surface area is 168 Å². The maximum absolute atomic E-state index is 12.1. The summed E-state index contributed by atoms with van der Waals surface area (Å²) >= 11 is 0. The number of methoxy groups -OCH3 is 2. The van der Waals surface area contributed by atoms with Crippen LogP contribution in [0.4, 0.5) is 0 Å². The smallest absolute Gasteiger partial charge is 0.344 e. The summed E-state index contributed by atoms with van der Waals surface area (Å²) in [5.74, 6) is 0.297. The molecule has 0 aliphatic rings. The molecule has 0 aliphatic heterocycles. The molecule has 0 spiro atoms. The second kappa shape index (κ2) is 10.6. The number of carbonyl (C=O) groups excluding carboxylic acids is 2. The molecule has 1 atom stereocenters. The molecular weight excluding hydrogens is 376 g/mol. The van der Waals surface area contributed by atoms with Gasteiger partial charge in [-0.2, -0.15) is 5.26 Å². The third kappa shape index (κ3) is 6.14. The fourth-order valence-corrected chi connectivity index (χ4v) is 2.55. The zero-order chi connectivity index (χ0) is 21.2. The molecule has 0 bridgehead atoms. The fraction of sp³-hybridized carbons (Fsp3) is 0.286. The molecule has 1 N–H and O–H groups in total. The van der Waals surface area contributed by atoms with Crippen LogP contribution in [0.25, 0.3) is 0 Å². The zero-order valence-electron chi connectivity index (χ0n) is 16.4. The average molecular weight is 398 g/mol. The largest absolute Gasteiger partial charge is 0.497 e. The van der Waals surface area contributed by atoms with Crippen LogP contribution >= 0.6 is 0 Å². The van der Waals surface area contributed by atoms with Crippen molar-refractivity contribution in [2.45, 2.75) is 13.0 Å². The maximum atomic E-state index is 12.1. The van der Waals surface area contributed by atoms with Gasteiger partial charge in [-0.3, -0.25) is 4.79 Å². The second-order valence-electron chi connectivity index (χ2n) is 5.95. The summed E-state index contributed by atoms with van der Waals surface area (Å²) in [6.07, 6.45) is 0. The van der Waals surface area contributed by atoms with Crippen molar-refractivity contribution < 1.29 is 28.5 Å². The van der Waals surface area contributed by atoms with Gasteiger partial charge in [0.1, 0.15) is 23.3 Å². The van der Waals surface area contributed by atoms with E-state index in [9.17, 15) is 9.59 Å². The Morgan fingerprint density at radius 2 is 1.83 bits per heavy atom. The van der Waals surface area contributed by atoms with Crippen molar-refractivity contribution >= 4 is 11.9 Å². The van der Waals surface area contributed by atoms with Gasteiger partial charge in [0.25, 0.3) is 5.91 Å². The topological polar surface area (TPSA) is 107 Å². The number of nitriles is 1. The van der Waals surface area contributed by atoms with Crippen LogP contribution in [0.1, 0.15) is 24.1 Å². The second-order valence-corrected chi connectivity index (χ2v) is 5.95. The van der Waals surface area contributed by atoms with Crippen molar-refractivity contribution in [3.05, 3.63) is 53.6 Å². The monoisotopic (exact) mass is 398 g/mol. The number of esters is 1. The number of para-hydroxylation sites is 1. The van der Waals surface area contributed by atoms with Crippen molar-refractivity contribution in [1.29, 1.82) is 5.26 Å². The van der Waals surface area contributed by atoms with Gasteiger partial charge in [-0.05, 0) is 37.3 Å². The molecule has 2 rings (SSSR count). The van der Waals surface area contributed by atoms with E-state index < -0.39 is 31.1 Å². The summed E-state index contributed by atoms with van der Waals surface area (Å²) in [5.41, 5.74) is 1.03. The number of hydrogen-bond acceptors (Lipinski definition) is 7. The van der Waals surface area contributed by atoms with Gasteiger partial charge in [-0.15, -0.1) is 0 Å². The third-order valence-corrected chi connectivity index (χ3v) is 4.00. The van der Waals surface area contributed by atoms with Crippen LogP contribution in [0, 0.1) is 11.3 Å². The van der Waals surface area contributed by atoms with Gasteiger partial charge in [0.05, 0.1) is 25.8 Å². The highest BCUT2D eigenvalue weighted by Crippen LogP contribution is 2.29. The molecule has 0 fully saturated rings. The lowest BCUT2D eigenvalue weighted by molar-refractivity contribution is -0.150. The van der Waals surface area contributed by atoms with Crippen LogP contribution in [0.2, 0.25) is 0 Å². The number of rotatable bonds is 9. The molecule has 29 heavy (non-hydrogen) atoms. The molecular formula is C21H22N2O6. The molecule has 0 aromatic heterocycles. The summed E-state index contributed by atoms with van der Waals surface area (Å²) in [7, 11) is 3.08. The van der Waals surface area contributed by atoms with E-state index in [0.29, 0.717) is 17.1 Å². The number of nitrogens with zero attached hydrogens (tertiary/aromatic N) is 1. The highest BCUT2D eigenvalue weighted by atomic mass is 16.6. The van der Waals surface area contributed by atoms with Crippen molar-refractivity contribution in [3.63, 3.8) is 0 Å². The van der Waals surface area contributed by atoms with Gasteiger partial charge in [-0.25, -0.2) is 4.79 Å². The lowest BCUT2D eigenvalue weighted by Gasteiger charge is -2.18. The predicted molar refractivity (Wildman–Crippen MR) is 104 cm³/mol. The minimum atomic E-state index is -0.723. The van der Waals surface area contributed by atoms with Gasteiger partial charge < -0.3 is 24.3 Å². The Hall–Kier alpha value is -3.73.